The van der Waals surface area contributed by atoms with Crippen LogP contribution in [0.15, 0.2) is 72.8 Å². The topological polar surface area (TPSA) is 116 Å². The molecule has 1 N–H and O–H groups in total. The predicted molar refractivity (Wildman–Crippen MR) is 158 cm³/mol. The van der Waals surface area contributed by atoms with Crippen LogP contribution in [0.4, 0.5) is 5.69 Å². The first-order valence-electron chi connectivity index (χ1n) is 14.2. The molecule has 5 rings (SSSR count). The summed E-state index contributed by atoms with van der Waals surface area (Å²) in [6.07, 6.45) is 4.99. The Kier molecular flexibility index (Phi) is 8.80. The van der Waals surface area contributed by atoms with E-state index >= 15 is 0 Å². The van der Waals surface area contributed by atoms with E-state index in [1.54, 1.807) is 67.2 Å². The molecule has 1 fully saturated rings. The quantitative estimate of drug-likeness (QED) is 0.282. The van der Waals surface area contributed by atoms with Crippen molar-refractivity contribution in [3.05, 3.63) is 83.9 Å². The van der Waals surface area contributed by atoms with E-state index in [9.17, 15) is 14.4 Å². The Hall–Kier alpha value is -4.73. The molecular weight excluding hydrogens is 534 g/mol. The summed E-state index contributed by atoms with van der Waals surface area (Å²) in [5.41, 5.74) is 2.57. The molecule has 3 aromatic carbocycles. The Balaban J connectivity index is 1.63. The van der Waals surface area contributed by atoms with Gasteiger partial charge in [0.05, 0.1) is 25.3 Å². The van der Waals surface area contributed by atoms with Gasteiger partial charge >= 0.3 is 5.97 Å². The molecule has 0 saturated heterocycles. The maximum atomic E-state index is 14.6. The van der Waals surface area contributed by atoms with E-state index in [1.165, 1.54) is 12.0 Å². The number of para-hydroxylation sites is 1. The highest BCUT2D eigenvalue weighted by Gasteiger charge is 2.37. The molecule has 2 atom stereocenters. The van der Waals surface area contributed by atoms with Crippen molar-refractivity contribution in [1.29, 1.82) is 0 Å². The van der Waals surface area contributed by atoms with Crippen molar-refractivity contribution >= 4 is 34.5 Å². The summed E-state index contributed by atoms with van der Waals surface area (Å²) >= 11 is 0. The van der Waals surface area contributed by atoms with Gasteiger partial charge in [-0.25, -0.2) is 9.48 Å². The minimum absolute atomic E-state index is 0.0158. The van der Waals surface area contributed by atoms with E-state index in [1.807, 2.05) is 24.3 Å². The number of hydrogen-bond donors (Lipinski definition) is 1. The van der Waals surface area contributed by atoms with Crippen LogP contribution in [0.3, 0.4) is 0 Å². The number of ether oxygens (including phenoxy) is 2. The number of benzene rings is 3. The Morgan fingerprint density at radius 3 is 2.40 bits per heavy atom. The monoisotopic (exact) mass is 569 g/mol. The van der Waals surface area contributed by atoms with Crippen molar-refractivity contribution in [2.75, 3.05) is 19.1 Å². The second-order valence-corrected chi connectivity index (χ2v) is 10.5. The number of aromatic nitrogens is 3. The molecule has 0 aliphatic heterocycles. The molecule has 10 heteroatoms. The van der Waals surface area contributed by atoms with Crippen molar-refractivity contribution in [2.45, 2.75) is 57.2 Å². The van der Waals surface area contributed by atoms with E-state index in [-0.39, 0.29) is 17.5 Å². The third kappa shape index (κ3) is 5.97. The van der Waals surface area contributed by atoms with Crippen molar-refractivity contribution in [2.24, 2.45) is 0 Å². The second-order valence-electron chi connectivity index (χ2n) is 10.5. The van der Waals surface area contributed by atoms with Crippen LogP contribution in [0, 0.1) is 0 Å². The maximum absolute atomic E-state index is 14.6. The van der Waals surface area contributed by atoms with Crippen LogP contribution in [-0.2, 0) is 14.3 Å². The van der Waals surface area contributed by atoms with E-state index in [0.717, 1.165) is 32.1 Å². The van der Waals surface area contributed by atoms with Crippen LogP contribution < -0.4 is 15.0 Å². The van der Waals surface area contributed by atoms with E-state index in [2.05, 4.69) is 15.6 Å². The molecule has 0 spiro atoms. The lowest BCUT2D eigenvalue weighted by Crippen LogP contribution is -2.49. The maximum Gasteiger partial charge on any atom is 0.337 e. The number of nitrogens with one attached hydrogen (secondary N) is 1. The van der Waals surface area contributed by atoms with Crippen molar-refractivity contribution in [3.8, 4) is 5.75 Å². The molecule has 4 aromatic rings. The molecule has 1 aliphatic carbocycles. The fourth-order valence-corrected chi connectivity index (χ4v) is 5.51. The number of nitrogens with zero attached hydrogens (tertiary/aromatic N) is 4. The van der Waals surface area contributed by atoms with E-state index < -0.39 is 24.0 Å². The fraction of sp³-hybridized carbons (Fsp3) is 0.344. The number of methoxy groups -OCH3 is 2. The van der Waals surface area contributed by atoms with Gasteiger partial charge in [-0.15, -0.1) is 5.10 Å². The molecule has 218 valence electrons. The molecule has 0 bridgehead atoms. The SMILES string of the molecule is COC(=O)c1cccc(N(C(=O)C(C)n2nnc3ccccc32)C(C(=O)NC2CCCCC2)c2ccc(OC)cc2)c1. The Labute approximate surface area is 244 Å². The average molecular weight is 570 g/mol. The third-order valence-corrected chi connectivity index (χ3v) is 7.77. The van der Waals surface area contributed by atoms with E-state index in [0.29, 0.717) is 28.0 Å². The lowest BCUT2D eigenvalue weighted by molar-refractivity contribution is -0.128. The molecule has 1 heterocycles. The van der Waals surface area contributed by atoms with Crippen molar-refractivity contribution in [3.63, 3.8) is 0 Å². The Morgan fingerprint density at radius 2 is 1.69 bits per heavy atom. The minimum Gasteiger partial charge on any atom is -0.497 e. The smallest absolute Gasteiger partial charge is 0.337 e. The molecular formula is C32H35N5O5. The zero-order valence-corrected chi connectivity index (χ0v) is 24.0. The van der Waals surface area contributed by atoms with Gasteiger partial charge in [0.2, 0.25) is 5.91 Å². The normalized spacial score (nSPS) is 15.0. The summed E-state index contributed by atoms with van der Waals surface area (Å²) in [5, 5.41) is 11.7. The number of fused-ring (bicyclic) bond motifs is 1. The van der Waals surface area contributed by atoms with Gasteiger partial charge in [0.15, 0.2) is 0 Å². The predicted octanol–water partition coefficient (Wildman–Crippen LogP) is 5.01. The number of carbonyl (C=O) groups excluding carboxylic acids is 3. The molecule has 1 aliphatic rings. The van der Waals surface area contributed by atoms with Gasteiger partial charge in [0.25, 0.3) is 5.91 Å². The summed E-state index contributed by atoms with van der Waals surface area (Å²) in [6, 6.07) is 19.2. The number of amides is 2. The van der Waals surface area contributed by atoms with Crippen LogP contribution in [0.25, 0.3) is 11.0 Å². The minimum atomic E-state index is -1.05. The first-order chi connectivity index (χ1) is 20.4. The van der Waals surface area contributed by atoms with Crippen LogP contribution in [-0.4, -0.2) is 53.0 Å². The summed E-state index contributed by atoms with van der Waals surface area (Å²) in [6.45, 7) is 1.73. The van der Waals surface area contributed by atoms with Crippen LogP contribution in [0.1, 0.15) is 67.0 Å². The number of rotatable bonds is 9. The molecule has 42 heavy (non-hydrogen) atoms. The highest BCUT2D eigenvalue weighted by molar-refractivity contribution is 6.04. The highest BCUT2D eigenvalue weighted by Crippen LogP contribution is 2.33. The summed E-state index contributed by atoms with van der Waals surface area (Å²) in [7, 11) is 2.87. The van der Waals surface area contributed by atoms with Gasteiger partial charge in [-0.1, -0.05) is 54.8 Å². The zero-order valence-electron chi connectivity index (χ0n) is 24.0. The van der Waals surface area contributed by atoms with Crippen molar-refractivity contribution < 1.29 is 23.9 Å². The molecule has 2 unspecified atom stereocenters. The van der Waals surface area contributed by atoms with Crippen LogP contribution >= 0.6 is 0 Å². The number of anilines is 1. The Bertz CT molecular complexity index is 1560. The first-order valence-corrected chi connectivity index (χ1v) is 14.2. The standard InChI is InChI=1S/C32H35N5O5/c1-21(37-28-15-8-7-14-27(28)34-35-37)31(39)36(25-13-9-10-23(20-25)32(40)42-3)29(22-16-18-26(41-2)19-17-22)30(38)33-24-11-5-4-6-12-24/h7-10,13-21,24,29H,4-6,11-12H2,1-3H3,(H,33,38). The van der Waals surface area contributed by atoms with Gasteiger partial charge in [-0.3, -0.25) is 14.5 Å². The van der Waals surface area contributed by atoms with Gasteiger partial charge in [0.1, 0.15) is 23.3 Å². The average Bonchev–Trinajstić information content (AvgIpc) is 3.47. The second kappa shape index (κ2) is 12.8. The van der Waals surface area contributed by atoms with Gasteiger partial charge in [-0.2, -0.15) is 0 Å². The zero-order chi connectivity index (χ0) is 29.6. The van der Waals surface area contributed by atoms with Crippen LogP contribution in [0.5, 0.6) is 5.75 Å². The van der Waals surface area contributed by atoms with Crippen molar-refractivity contribution in [1.82, 2.24) is 20.3 Å². The fourth-order valence-electron chi connectivity index (χ4n) is 5.51. The number of carbonyl (C=O) groups is 3. The Morgan fingerprint density at radius 1 is 0.952 bits per heavy atom. The number of hydrogen-bond acceptors (Lipinski definition) is 7. The number of esters is 1. The molecule has 1 aromatic heterocycles. The molecule has 1 saturated carbocycles. The van der Waals surface area contributed by atoms with Crippen LogP contribution in [0.2, 0.25) is 0 Å². The lowest BCUT2D eigenvalue weighted by atomic mass is 9.94. The van der Waals surface area contributed by atoms with Gasteiger partial charge < -0.3 is 14.8 Å². The summed E-state index contributed by atoms with van der Waals surface area (Å²) < 4.78 is 11.9. The highest BCUT2D eigenvalue weighted by atomic mass is 16.5. The molecule has 10 nitrogen and oxygen atoms in total. The summed E-state index contributed by atoms with van der Waals surface area (Å²) in [4.78, 5) is 42.7. The third-order valence-electron chi connectivity index (χ3n) is 7.77. The van der Waals surface area contributed by atoms with Gasteiger partial charge in [-0.05, 0) is 67.8 Å². The molecule has 2 amide bonds. The summed E-state index contributed by atoms with van der Waals surface area (Å²) in [5.74, 6) is -0.628. The van der Waals surface area contributed by atoms with Gasteiger partial charge in [0, 0.05) is 11.7 Å². The molecule has 0 radical (unpaired) electrons. The largest absolute Gasteiger partial charge is 0.497 e. The van der Waals surface area contributed by atoms with E-state index in [4.69, 9.17) is 9.47 Å². The first kappa shape index (κ1) is 28.8. The lowest BCUT2D eigenvalue weighted by Gasteiger charge is -2.35.